The van der Waals surface area contributed by atoms with Gasteiger partial charge in [0, 0.05) is 13.1 Å². The average Bonchev–Trinajstić information content (AvgIpc) is 2.52. The van der Waals surface area contributed by atoms with E-state index in [0.29, 0.717) is 19.5 Å². The number of amides is 2. The number of carbonyl (C=O) groups excluding carboxylic acids is 2. The number of benzene rings is 1. The first-order valence-corrected chi connectivity index (χ1v) is 6.68. The lowest BCUT2D eigenvalue weighted by atomic mass is 9.96. The average molecular weight is 290 g/mol. The fourth-order valence-corrected chi connectivity index (χ4v) is 2.28. The summed E-state index contributed by atoms with van der Waals surface area (Å²) in [6.45, 7) is 0.843. The van der Waals surface area contributed by atoms with Crippen molar-refractivity contribution < 1.29 is 14.8 Å². The molecule has 1 aliphatic heterocycles. The zero-order valence-corrected chi connectivity index (χ0v) is 11.5. The third kappa shape index (κ3) is 3.71. The van der Waals surface area contributed by atoms with E-state index in [-0.39, 0.29) is 24.2 Å². The standard InChI is InChI=1S/C14H18N4O3/c15-13(17-21)11(8-10-4-2-1-3-5-10)14(20)18-7-6-16-12(19)9-18/h1-5,11,21H,6-9H2,(H2,15,17)(H,16,19). The summed E-state index contributed by atoms with van der Waals surface area (Å²) in [6, 6.07) is 9.33. The Kier molecular flexibility index (Phi) is 4.76. The van der Waals surface area contributed by atoms with Crippen molar-refractivity contribution in [2.45, 2.75) is 6.42 Å². The first-order valence-electron chi connectivity index (χ1n) is 6.68. The molecule has 4 N–H and O–H groups in total. The number of oxime groups is 1. The molecule has 1 aliphatic rings. The van der Waals surface area contributed by atoms with E-state index >= 15 is 0 Å². The highest BCUT2D eigenvalue weighted by atomic mass is 16.4. The number of nitrogens with one attached hydrogen (secondary N) is 1. The highest BCUT2D eigenvalue weighted by molar-refractivity contribution is 6.03. The van der Waals surface area contributed by atoms with Gasteiger partial charge in [0.2, 0.25) is 11.8 Å². The number of carbonyl (C=O) groups is 2. The molecule has 7 heteroatoms. The first-order chi connectivity index (χ1) is 10.1. The molecule has 1 unspecified atom stereocenters. The predicted molar refractivity (Wildman–Crippen MR) is 76.6 cm³/mol. The lowest BCUT2D eigenvalue weighted by Gasteiger charge is -2.29. The van der Waals surface area contributed by atoms with Gasteiger partial charge >= 0.3 is 0 Å². The van der Waals surface area contributed by atoms with Gasteiger partial charge in [-0.15, -0.1) is 0 Å². The van der Waals surface area contributed by atoms with Gasteiger partial charge in [-0.05, 0) is 12.0 Å². The van der Waals surface area contributed by atoms with E-state index in [1.807, 2.05) is 30.3 Å². The highest BCUT2D eigenvalue weighted by Crippen LogP contribution is 2.13. The molecule has 1 atom stereocenters. The van der Waals surface area contributed by atoms with Crippen molar-refractivity contribution in [2.75, 3.05) is 19.6 Å². The highest BCUT2D eigenvalue weighted by Gasteiger charge is 2.30. The van der Waals surface area contributed by atoms with Crippen LogP contribution in [0.15, 0.2) is 35.5 Å². The molecule has 2 amide bonds. The Morgan fingerprint density at radius 1 is 1.43 bits per heavy atom. The number of amidine groups is 1. The molecule has 1 aromatic rings. The summed E-state index contributed by atoms with van der Waals surface area (Å²) < 4.78 is 0. The van der Waals surface area contributed by atoms with Gasteiger partial charge < -0.3 is 21.2 Å². The Labute approximate surface area is 122 Å². The van der Waals surface area contributed by atoms with Crippen molar-refractivity contribution in [3.8, 4) is 0 Å². The van der Waals surface area contributed by atoms with Crippen LogP contribution < -0.4 is 11.1 Å². The topological polar surface area (TPSA) is 108 Å². The molecule has 0 bridgehead atoms. The maximum Gasteiger partial charge on any atom is 0.239 e. The van der Waals surface area contributed by atoms with E-state index in [1.54, 1.807) is 0 Å². The largest absolute Gasteiger partial charge is 0.409 e. The van der Waals surface area contributed by atoms with Crippen LogP contribution in [0.1, 0.15) is 5.56 Å². The molecule has 1 heterocycles. The number of hydrogen-bond donors (Lipinski definition) is 3. The lowest BCUT2D eigenvalue weighted by molar-refractivity contribution is -0.139. The summed E-state index contributed by atoms with van der Waals surface area (Å²) in [4.78, 5) is 25.3. The Morgan fingerprint density at radius 3 is 2.76 bits per heavy atom. The summed E-state index contributed by atoms with van der Waals surface area (Å²) in [5.74, 6) is -1.42. The quantitative estimate of drug-likeness (QED) is 0.302. The Bertz CT molecular complexity index is 544. The second-order valence-electron chi connectivity index (χ2n) is 4.88. The minimum Gasteiger partial charge on any atom is -0.409 e. The van der Waals surface area contributed by atoms with Gasteiger partial charge in [-0.2, -0.15) is 0 Å². The molecule has 0 spiro atoms. The van der Waals surface area contributed by atoms with E-state index < -0.39 is 5.92 Å². The molecule has 112 valence electrons. The fourth-order valence-electron chi connectivity index (χ4n) is 2.28. The van der Waals surface area contributed by atoms with E-state index in [2.05, 4.69) is 10.5 Å². The van der Waals surface area contributed by atoms with Crippen LogP contribution in [0, 0.1) is 5.92 Å². The van der Waals surface area contributed by atoms with Gasteiger partial charge in [0.15, 0.2) is 5.84 Å². The number of nitrogens with zero attached hydrogens (tertiary/aromatic N) is 2. The number of rotatable bonds is 4. The zero-order chi connectivity index (χ0) is 15.2. The van der Waals surface area contributed by atoms with Crippen LogP contribution in [0.3, 0.4) is 0 Å². The van der Waals surface area contributed by atoms with Gasteiger partial charge in [0.1, 0.15) is 5.92 Å². The van der Waals surface area contributed by atoms with Crippen LogP contribution in [-0.2, 0) is 16.0 Å². The maximum absolute atomic E-state index is 12.5. The maximum atomic E-state index is 12.5. The van der Waals surface area contributed by atoms with Crippen molar-refractivity contribution in [3.63, 3.8) is 0 Å². The van der Waals surface area contributed by atoms with Crippen LogP contribution in [0.25, 0.3) is 0 Å². The van der Waals surface area contributed by atoms with E-state index in [4.69, 9.17) is 10.9 Å². The fraction of sp³-hybridized carbons (Fsp3) is 0.357. The smallest absolute Gasteiger partial charge is 0.239 e. The van der Waals surface area contributed by atoms with Gasteiger partial charge in [-0.1, -0.05) is 35.5 Å². The Hall–Kier alpha value is -2.57. The molecule has 1 aromatic carbocycles. The van der Waals surface area contributed by atoms with Crippen molar-refractivity contribution in [1.29, 1.82) is 0 Å². The van der Waals surface area contributed by atoms with Crippen molar-refractivity contribution in [1.82, 2.24) is 10.2 Å². The molecule has 0 aliphatic carbocycles. The number of nitrogens with two attached hydrogens (primary N) is 1. The summed E-state index contributed by atoms with van der Waals surface area (Å²) >= 11 is 0. The second-order valence-corrected chi connectivity index (χ2v) is 4.88. The first kappa shape index (κ1) is 14.8. The molecule has 0 saturated carbocycles. The summed E-state index contributed by atoms with van der Waals surface area (Å²) in [5, 5.41) is 14.5. The van der Waals surface area contributed by atoms with Gasteiger partial charge in [-0.25, -0.2) is 0 Å². The molecule has 1 saturated heterocycles. The summed E-state index contributed by atoms with van der Waals surface area (Å²) in [6.07, 6.45) is 0.327. The summed E-state index contributed by atoms with van der Waals surface area (Å²) in [5.41, 5.74) is 6.57. The molecule has 0 aromatic heterocycles. The Balaban J connectivity index is 2.15. The third-order valence-corrected chi connectivity index (χ3v) is 3.40. The van der Waals surface area contributed by atoms with Crippen LogP contribution in [0.2, 0.25) is 0 Å². The third-order valence-electron chi connectivity index (χ3n) is 3.40. The molecular formula is C14H18N4O3. The van der Waals surface area contributed by atoms with Gasteiger partial charge in [0.05, 0.1) is 6.54 Å². The van der Waals surface area contributed by atoms with Gasteiger partial charge in [0.25, 0.3) is 0 Å². The molecule has 1 fully saturated rings. The van der Waals surface area contributed by atoms with E-state index in [9.17, 15) is 9.59 Å². The molecule has 2 rings (SSSR count). The van der Waals surface area contributed by atoms with Crippen LogP contribution >= 0.6 is 0 Å². The van der Waals surface area contributed by atoms with Crippen molar-refractivity contribution in [3.05, 3.63) is 35.9 Å². The molecule has 21 heavy (non-hydrogen) atoms. The van der Waals surface area contributed by atoms with Crippen LogP contribution in [0.4, 0.5) is 0 Å². The molecule has 7 nitrogen and oxygen atoms in total. The zero-order valence-electron chi connectivity index (χ0n) is 11.5. The second kappa shape index (κ2) is 6.74. The van der Waals surface area contributed by atoms with E-state index in [0.717, 1.165) is 5.56 Å². The predicted octanol–water partition coefficient (Wildman–Crippen LogP) is -0.450. The monoisotopic (exact) mass is 290 g/mol. The lowest BCUT2D eigenvalue weighted by Crippen LogP contribution is -2.53. The normalized spacial score (nSPS) is 17.2. The van der Waals surface area contributed by atoms with Crippen molar-refractivity contribution >= 4 is 17.6 Å². The molecule has 0 radical (unpaired) electrons. The summed E-state index contributed by atoms with van der Waals surface area (Å²) in [7, 11) is 0. The van der Waals surface area contributed by atoms with E-state index in [1.165, 1.54) is 4.90 Å². The van der Waals surface area contributed by atoms with Crippen LogP contribution in [-0.4, -0.2) is 47.4 Å². The van der Waals surface area contributed by atoms with Crippen LogP contribution in [0.5, 0.6) is 0 Å². The minimum atomic E-state index is -0.775. The van der Waals surface area contributed by atoms with Crippen molar-refractivity contribution in [2.24, 2.45) is 16.8 Å². The minimum absolute atomic E-state index is 0.00281. The SMILES string of the molecule is NC(=NO)C(Cc1ccccc1)C(=O)N1CCNC(=O)C1. The Morgan fingerprint density at radius 2 is 2.14 bits per heavy atom. The number of piperazine rings is 1. The molecular weight excluding hydrogens is 272 g/mol. The number of hydrogen-bond acceptors (Lipinski definition) is 4. The van der Waals surface area contributed by atoms with Gasteiger partial charge in [-0.3, -0.25) is 9.59 Å².